The van der Waals surface area contributed by atoms with Crippen molar-refractivity contribution in [2.24, 2.45) is 11.8 Å². The highest BCUT2D eigenvalue weighted by Gasteiger charge is 2.33. The number of aliphatic carboxylic acids is 1. The predicted molar refractivity (Wildman–Crippen MR) is 225 cm³/mol. The number of carboxylic acid groups (broad SMARTS) is 1. The molecule has 324 valence electrons. The minimum Gasteiger partial charge on any atom is -0.493 e. The van der Waals surface area contributed by atoms with Gasteiger partial charge < -0.3 is 44.9 Å². The van der Waals surface area contributed by atoms with Gasteiger partial charge in [-0.1, -0.05) is 106 Å². The smallest absolute Gasteiger partial charge is 0.329 e. The van der Waals surface area contributed by atoms with Crippen molar-refractivity contribution in [1.29, 1.82) is 0 Å². The maximum absolute atomic E-state index is 14.0. The molecule has 0 aromatic heterocycles. The van der Waals surface area contributed by atoms with Gasteiger partial charge in [0.2, 0.25) is 11.8 Å². The zero-order valence-corrected chi connectivity index (χ0v) is 35.0. The average molecular weight is 829 g/mol. The summed E-state index contributed by atoms with van der Waals surface area (Å²) < 4.78 is 22.7. The first-order valence-electron chi connectivity index (χ1n) is 21.0. The third kappa shape index (κ3) is 14.3. The summed E-state index contributed by atoms with van der Waals surface area (Å²) in [5, 5.41) is 18.4. The lowest BCUT2D eigenvalue weighted by molar-refractivity contribution is -0.151. The summed E-state index contributed by atoms with van der Waals surface area (Å²) in [7, 11) is 4.62. The molecule has 60 heavy (non-hydrogen) atoms. The minimum absolute atomic E-state index is 0.0328. The number of rotatable bonds is 24. The molecule has 3 atom stereocenters. The van der Waals surface area contributed by atoms with Crippen LogP contribution in [0.1, 0.15) is 85.7 Å². The lowest BCUT2D eigenvalue weighted by Gasteiger charge is -2.30. The van der Waals surface area contributed by atoms with Gasteiger partial charge in [-0.05, 0) is 49.3 Å². The molecule has 4 N–H and O–H groups in total. The standard InChI is InChI=1S/C46H60N4O10/c1-47-37(24-33-19-20-33)45(55)50(22-21-31-13-7-4-8-14-31)28-42(51)48-35(23-32-15-9-5-10-16-32)30-59-39-27-41(58-3)40(57-2)25-36(39)44(54)49-38(26-43(52)53)46(56)60-29-34-17-11-6-12-18-34/h5-6,9-12,15-18,25,27,31,33,35,37-38,47H,4,7-8,13-14,19-24,26,28-30H2,1-3H3,(H,48,51)(H,49,54)(H,52,53). The van der Waals surface area contributed by atoms with Crippen LogP contribution in [0.5, 0.6) is 17.2 Å². The molecule has 2 aliphatic carbocycles. The van der Waals surface area contributed by atoms with E-state index in [2.05, 4.69) is 16.0 Å². The molecule has 3 unspecified atom stereocenters. The normalized spacial score (nSPS) is 15.4. The van der Waals surface area contributed by atoms with Crippen molar-refractivity contribution < 1.29 is 48.0 Å². The maximum atomic E-state index is 14.0. The summed E-state index contributed by atoms with van der Waals surface area (Å²) in [6, 6.07) is 18.7. The number of esters is 1. The lowest BCUT2D eigenvalue weighted by atomic mass is 9.87. The Bertz CT molecular complexity index is 1870. The number of ether oxygens (including phenoxy) is 4. The largest absolute Gasteiger partial charge is 0.493 e. The Balaban J connectivity index is 1.34. The highest BCUT2D eigenvalue weighted by molar-refractivity contribution is 6.00. The zero-order valence-electron chi connectivity index (χ0n) is 35.0. The Labute approximate surface area is 352 Å². The van der Waals surface area contributed by atoms with Crippen LogP contribution in [0.2, 0.25) is 0 Å². The lowest BCUT2D eigenvalue weighted by Crippen LogP contribution is -2.51. The van der Waals surface area contributed by atoms with Gasteiger partial charge in [0.1, 0.15) is 25.0 Å². The van der Waals surface area contributed by atoms with Crippen molar-refractivity contribution in [1.82, 2.24) is 20.9 Å². The second-order valence-corrected chi connectivity index (χ2v) is 15.8. The van der Waals surface area contributed by atoms with Gasteiger partial charge in [-0.3, -0.25) is 19.2 Å². The fourth-order valence-electron chi connectivity index (χ4n) is 7.61. The summed E-state index contributed by atoms with van der Waals surface area (Å²) >= 11 is 0. The van der Waals surface area contributed by atoms with E-state index in [4.69, 9.17) is 18.9 Å². The first-order valence-corrected chi connectivity index (χ1v) is 21.0. The number of hydrogen-bond acceptors (Lipinski definition) is 10. The summed E-state index contributed by atoms with van der Waals surface area (Å²) in [6.45, 7) is 0.153. The Hall–Kier alpha value is -5.63. The molecular weight excluding hydrogens is 769 g/mol. The molecule has 2 saturated carbocycles. The number of nitrogens with zero attached hydrogens (tertiary/aromatic N) is 1. The minimum atomic E-state index is -1.53. The molecule has 5 rings (SSSR count). The van der Waals surface area contributed by atoms with Crippen molar-refractivity contribution in [3.8, 4) is 17.2 Å². The van der Waals surface area contributed by atoms with E-state index in [9.17, 15) is 29.1 Å². The topological polar surface area (TPSA) is 182 Å². The molecule has 0 bridgehead atoms. The highest BCUT2D eigenvalue weighted by atomic mass is 16.5. The molecular formula is C46H60N4O10. The number of benzene rings is 3. The van der Waals surface area contributed by atoms with Gasteiger partial charge >= 0.3 is 11.9 Å². The van der Waals surface area contributed by atoms with Crippen LogP contribution in [0, 0.1) is 11.8 Å². The number of methoxy groups -OCH3 is 2. The molecule has 0 radical (unpaired) electrons. The monoisotopic (exact) mass is 828 g/mol. The summed E-state index contributed by atoms with van der Waals surface area (Å²) in [5.74, 6) is -1.97. The Morgan fingerprint density at radius 3 is 2.05 bits per heavy atom. The van der Waals surface area contributed by atoms with Gasteiger partial charge in [0.15, 0.2) is 11.5 Å². The number of carbonyl (C=O) groups is 5. The molecule has 2 fully saturated rings. The number of carboxylic acids is 1. The molecule has 0 spiro atoms. The second-order valence-electron chi connectivity index (χ2n) is 15.8. The van der Waals surface area contributed by atoms with Gasteiger partial charge in [0, 0.05) is 18.7 Å². The zero-order chi connectivity index (χ0) is 42.9. The van der Waals surface area contributed by atoms with E-state index in [1.54, 1.807) is 36.2 Å². The van der Waals surface area contributed by atoms with Crippen LogP contribution in [-0.4, -0.2) is 98.8 Å². The summed E-state index contributed by atoms with van der Waals surface area (Å²) in [6.07, 6.45) is 9.34. The maximum Gasteiger partial charge on any atom is 0.329 e. The van der Waals surface area contributed by atoms with E-state index in [1.165, 1.54) is 45.6 Å². The number of nitrogens with one attached hydrogen (secondary N) is 3. The van der Waals surface area contributed by atoms with Crippen LogP contribution >= 0.6 is 0 Å². The Kier molecular flexibility index (Phi) is 17.6. The van der Waals surface area contributed by atoms with Crippen molar-refractivity contribution in [3.05, 3.63) is 89.5 Å². The van der Waals surface area contributed by atoms with E-state index in [0.717, 1.165) is 44.1 Å². The van der Waals surface area contributed by atoms with Gasteiger partial charge in [0.05, 0.1) is 44.8 Å². The average Bonchev–Trinajstić information content (AvgIpc) is 4.09. The molecule has 14 heteroatoms. The molecule has 3 aromatic carbocycles. The third-order valence-corrected chi connectivity index (χ3v) is 11.1. The van der Waals surface area contributed by atoms with Crippen molar-refractivity contribution in [3.63, 3.8) is 0 Å². The van der Waals surface area contributed by atoms with E-state index in [0.29, 0.717) is 30.4 Å². The highest BCUT2D eigenvalue weighted by Crippen LogP contribution is 2.36. The third-order valence-electron chi connectivity index (χ3n) is 11.1. The number of hydrogen-bond donors (Lipinski definition) is 4. The van der Waals surface area contributed by atoms with Gasteiger partial charge in [0.25, 0.3) is 5.91 Å². The summed E-state index contributed by atoms with van der Waals surface area (Å²) in [5.41, 5.74) is 1.54. The SMILES string of the molecule is CNC(CC1CC1)C(=O)N(CCC1CCCCC1)CC(=O)NC(COc1cc(OC)c(OC)cc1C(=O)NC(CC(=O)O)C(=O)OCc1ccccc1)Cc1ccccc1. The number of amides is 3. The molecule has 3 amide bonds. The predicted octanol–water partition coefficient (Wildman–Crippen LogP) is 5.31. The van der Waals surface area contributed by atoms with E-state index < -0.39 is 36.4 Å². The van der Waals surface area contributed by atoms with Gasteiger partial charge in [-0.2, -0.15) is 0 Å². The van der Waals surface area contributed by atoms with Crippen LogP contribution in [0.15, 0.2) is 72.8 Å². The fraction of sp³-hybridized carbons (Fsp3) is 0.500. The number of carbonyl (C=O) groups excluding carboxylic acids is 4. The first kappa shape index (κ1) is 45.5. The van der Waals surface area contributed by atoms with Crippen molar-refractivity contribution in [2.75, 3.05) is 41.0 Å². The van der Waals surface area contributed by atoms with Gasteiger partial charge in [-0.25, -0.2) is 4.79 Å². The number of likely N-dealkylation sites (N-methyl/N-ethyl adjacent to an activating group) is 1. The summed E-state index contributed by atoms with van der Waals surface area (Å²) in [4.78, 5) is 68.5. The van der Waals surface area contributed by atoms with Gasteiger partial charge in [-0.15, -0.1) is 0 Å². The van der Waals surface area contributed by atoms with Crippen LogP contribution in [0.25, 0.3) is 0 Å². The van der Waals surface area contributed by atoms with E-state index in [1.807, 2.05) is 36.4 Å². The second kappa shape index (κ2) is 23.2. The van der Waals surface area contributed by atoms with E-state index >= 15 is 0 Å². The first-order chi connectivity index (χ1) is 29.1. The van der Waals surface area contributed by atoms with Crippen LogP contribution in [0.3, 0.4) is 0 Å². The molecule has 0 saturated heterocycles. The van der Waals surface area contributed by atoms with Crippen LogP contribution < -0.4 is 30.2 Å². The van der Waals surface area contributed by atoms with Crippen LogP contribution in [0.4, 0.5) is 0 Å². The van der Waals surface area contributed by atoms with Crippen molar-refractivity contribution in [2.45, 2.75) is 95.4 Å². The molecule has 0 aliphatic heterocycles. The Morgan fingerprint density at radius 1 is 0.783 bits per heavy atom. The molecule has 0 heterocycles. The van der Waals surface area contributed by atoms with Crippen molar-refractivity contribution >= 4 is 29.7 Å². The quantitative estimate of drug-likeness (QED) is 0.0859. The Morgan fingerprint density at radius 2 is 1.43 bits per heavy atom. The molecule has 3 aromatic rings. The van der Waals surface area contributed by atoms with Crippen LogP contribution in [-0.2, 0) is 36.9 Å². The molecule has 14 nitrogen and oxygen atoms in total. The fourth-order valence-corrected chi connectivity index (χ4v) is 7.61. The molecule has 2 aliphatic rings. The van der Waals surface area contributed by atoms with E-state index in [-0.39, 0.29) is 60.4 Å².